The molecular formula is C21H24N2O2S. The minimum Gasteiger partial charge on any atom is -0.508 e. The Bertz CT molecular complexity index is 774. The van der Waals surface area contributed by atoms with Gasteiger partial charge in [0, 0.05) is 19.4 Å². The SMILES string of the molecule is CNC(=S)C1(c2cccnc2)CCCC/C1=C\COc1ccc(O)cc1. The molecule has 0 saturated heterocycles. The van der Waals surface area contributed by atoms with Crippen molar-refractivity contribution in [2.75, 3.05) is 13.7 Å². The molecule has 1 heterocycles. The van der Waals surface area contributed by atoms with Gasteiger partial charge >= 0.3 is 0 Å². The first kappa shape index (κ1) is 18.4. The maximum atomic E-state index is 9.37. The second-order valence-corrected chi connectivity index (χ2v) is 6.88. The molecule has 0 amide bonds. The lowest BCUT2D eigenvalue weighted by Crippen LogP contribution is -2.45. The molecule has 1 aliphatic rings. The van der Waals surface area contributed by atoms with Gasteiger partial charge in [0.1, 0.15) is 18.1 Å². The van der Waals surface area contributed by atoms with E-state index in [9.17, 15) is 5.11 Å². The van der Waals surface area contributed by atoms with Crippen molar-refractivity contribution in [1.29, 1.82) is 0 Å². The number of hydrogen-bond donors (Lipinski definition) is 2. The first-order valence-electron chi connectivity index (χ1n) is 8.91. The predicted molar refractivity (Wildman–Crippen MR) is 108 cm³/mol. The standard InChI is InChI=1S/C21H24N2O2S/c1-22-20(26)21(17-6-4-13-23-15-17)12-3-2-5-16(21)11-14-25-19-9-7-18(24)8-10-19/h4,6-11,13,15,24H,2-3,5,12,14H2,1H3,(H,22,26)/b16-11+. The average Bonchev–Trinajstić information content (AvgIpc) is 2.70. The molecule has 1 atom stereocenters. The van der Waals surface area contributed by atoms with Crippen LogP contribution in [-0.2, 0) is 5.41 Å². The van der Waals surface area contributed by atoms with Crippen LogP contribution in [0.4, 0.5) is 0 Å². The second-order valence-electron chi connectivity index (χ2n) is 6.47. The number of nitrogens with zero attached hydrogens (tertiary/aromatic N) is 1. The molecule has 0 spiro atoms. The number of thiocarbonyl (C=S) groups is 1. The normalized spacial score (nSPS) is 21.3. The number of nitrogens with one attached hydrogen (secondary N) is 1. The average molecular weight is 369 g/mol. The van der Waals surface area contributed by atoms with Crippen LogP contribution in [0.5, 0.6) is 11.5 Å². The van der Waals surface area contributed by atoms with E-state index in [0.717, 1.165) is 42.0 Å². The maximum Gasteiger partial charge on any atom is 0.120 e. The molecule has 2 N–H and O–H groups in total. The highest BCUT2D eigenvalue weighted by Crippen LogP contribution is 2.44. The van der Waals surface area contributed by atoms with Gasteiger partial charge in [-0.25, -0.2) is 0 Å². The zero-order valence-corrected chi connectivity index (χ0v) is 15.8. The summed E-state index contributed by atoms with van der Waals surface area (Å²) >= 11 is 5.76. The molecular weight excluding hydrogens is 344 g/mol. The molecule has 2 aromatic rings. The van der Waals surface area contributed by atoms with Crippen molar-refractivity contribution in [1.82, 2.24) is 10.3 Å². The van der Waals surface area contributed by atoms with Crippen molar-refractivity contribution < 1.29 is 9.84 Å². The highest BCUT2D eigenvalue weighted by molar-refractivity contribution is 7.80. The molecule has 0 radical (unpaired) electrons. The second kappa shape index (κ2) is 8.32. The number of ether oxygens (including phenoxy) is 1. The van der Waals surface area contributed by atoms with Gasteiger partial charge in [-0.3, -0.25) is 4.98 Å². The minimum absolute atomic E-state index is 0.234. The number of hydrogen-bond acceptors (Lipinski definition) is 4. The minimum atomic E-state index is -0.311. The lowest BCUT2D eigenvalue weighted by atomic mass is 9.66. The van der Waals surface area contributed by atoms with Crippen molar-refractivity contribution in [2.45, 2.75) is 31.1 Å². The Labute approximate surface area is 159 Å². The number of likely N-dealkylation sites (N-methyl/N-ethyl adjacent to an activating group) is 1. The van der Waals surface area contributed by atoms with Crippen molar-refractivity contribution >= 4 is 17.2 Å². The van der Waals surface area contributed by atoms with E-state index in [-0.39, 0.29) is 11.2 Å². The maximum absolute atomic E-state index is 9.37. The van der Waals surface area contributed by atoms with Crippen LogP contribution in [0.3, 0.4) is 0 Å². The molecule has 1 aromatic heterocycles. The van der Waals surface area contributed by atoms with Gasteiger partial charge < -0.3 is 15.2 Å². The third-order valence-electron chi connectivity index (χ3n) is 4.98. The lowest BCUT2D eigenvalue weighted by molar-refractivity contribution is 0.356. The molecule has 0 bridgehead atoms. The molecule has 1 unspecified atom stereocenters. The summed E-state index contributed by atoms with van der Waals surface area (Å²) < 4.78 is 5.84. The summed E-state index contributed by atoms with van der Waals surface area (Å²) in [5, 5.41) is 12.6. The quantitative estimate of drug-likeness (QED) is 0.613. The van der Waals surface area contributed by atoms with Gasteiger partial charge in [-0.05, 0) is 61.2 Å². The molecule has 1 saturated carbocycles. The van der Waals surface area contributed by atoms with Gasteiger partial charge in [-0.2, -0.15) is 0 Å². The Hall–Kier alpha value is -2.40. The number of phenols is 1. The first-order chi connectivity index (χ1) is 12.7. The summed E-state index contributed by atoms with van der Waals surface area (Å²) in [5.41, 5.74) is 2.11. The van der Waals surface area contributed by atoms with E-state index in [1.54, 1.807) is 30.5 Å². The highest BCUT2D eigenvalue weighted by atomic mass is 32.1. The van der Waals surface area contributed by atoms with E-state index in [4.69, 9.17) is 17.0 Å². The van der Waals surface area contributed by atoms with E-state index in [2.05, 4.69) is 22.4 Å². The largest absolute Gasteiger partial charge is 0.508 e. The van der Waals surface area contributed by atoms with Crippen LogP contribution in [0.15, 0.2) is 60.4 Å². The van der Waals surface area contributed by atoms with Gasteiger partial charge in [0.15, 0.2) is 0 Å². The summed E-state index contributed by atoms with van der Waals surface area (Å²) in [6, 6.07) is 10.9. The number of pyridine rings is 1. The van der Waals surface area contributed by atoms with E-state index in [1.807, 2.05) is 19.3 Å². The van der Waals surface area contributed by atoms with Gasteiger partial charge in [-0.15, -0.1) is 0 Å². The van der Waals surface area contributed by atoms with E-state index < -0.39 is 0 Å². The predicted octanol–water partition coefficient (Wildman–Crippen LogP) is 4.15. The van der Waals surface area contributed by atoms with Crippen LogP contribution in [0.1, 0.15) is 31.2 Å². The Morgan fingerprint density at radius 1 is 1.31 bits per heavy atom. The summed E-state index contributed by atoms with van der Waals surface area (Å²) in [5.74, 6) is 0.969. The van der Waals surface area contributed by atoms with Crippen LogP contribution in [0.25, 0.3) is 0 Å². The Morgan fingerprint density at radius 2 is 2.12 bits per heavy atom. The first-order valence-corrected chi connectivity index (χ1v) is 9.31. The molecule has 3 rings (SSSR count). The van der Waals surface area contributed by atoms with Crippen LogP contribution in [-0.4, -0.2) is 28.7 Å². The number of aromatic nitrogens is 1. The van der Waals surface area contributed by atoms with E-state index in [0.29, 0.717) is 6.61 Å². The molecule has 1 aromatic carbocycles. The van der Waals surface area contributed by atoms with Crippen LogP contribution < -0.4 is 10.1 Å². The number of aromatic hydroxyl groups is 1. The third-order valence-corrected chi connectivity index (χ3v) is 5.53. The monoisotopic (exact) mass is 368 g/mol. The fourth-order valence-electron chi connectivity index (χ4n) is 3.69. The summed E-state index contributed by atoms with van der Waals surface area (Å²) in [6.07, 6.45) is 10.1. The molecule has 5 heteroatoms. The van der Waals surface area contributed by atoms with Crippen molar-refractivity contribution in [2.24, 2.45) is 0 Å². The summed E-state index contributed by atoms with van der Waals surface area (Å²) in [4.78, 5) is 5.16. The number of phenolic OH excluding ortho intramolecular Hbond substituents is 1. The van der Waals surface area contributed by atoms with Crippen LogP contribution in [0.2, 0.25) is 0 Å². The van der Waals surface area contributed by atoms with Gasteiger partial charge in [0.25, 0.3) is 0 Å². The van der Waals surface area contributed by atoms with E-state index in [1.165, 1.54) is 5.57 Å². The molecule has 1 fully saturated rings. The number of benzene rings is 1. The molecule has 0 aliphatic heterocycles. The topological polar surface area (TPSA) is 54.4 Å². The highest BCUT2D eigenvalue weighted by Gasteiger charge is 2.41. The third kappa shape index (κ3) is 3.73. The van der Waals surface area contributed by atoms with Crippen LogP contribution >= 0.6 is 12.2 Å². The van der Waals surface area contributed by atoms with Gasteiger partial charge in [0.05, 0.1) is 10.4 Å². The molecule has 1 aliphatic carbocycles. The Morgan fingerprint density at radius 3 is 2.81 bits per heavy atom. The van der Waals surface area contributed by atoms with Gasteiger partial charge in [-0.1, -0.05) is 30.3 Å². The summed E-state index contributed by atoms with van der Waals surface area (Å²) in [7, 11) is 1.89. The smallest absolute Gasteiger partial charge is 0.120 e. The Kier molecular flexibility index (Phi) is 5.89. The molecule has 136 valence electrons. The fraction of sp³-hybridized carbons (Fsp3) is 0.333. The summed E-state index contributed by atoms with van der Waals surface area (Å²) in [6.45, 7) is 0.467. The van der Waals surface area contributed by atoms with Crippen LogP contribution in [0, 0.1) is 0 Å². The van der Waals surface area contributed by atoms with Crippen molar-refractivity contribution in [3.05, 3.63) is 66.0 Å². The van der Waals surface area contributed by atoms with Gasteiger partial charge in [0.2, 0.25) is 0 Å². The van der Waals surface area contributed by atoms with E-state index >= 15 is 0 Å². The lowest BCUT2D eigenvalue weighted by Gasteiger charge is -2.40. The Balaban J connectivity index is 1.88. The molecule has 26 heavy (non-hydrogen) atoms. The zero-order chi connectivity index (χ0) is 18.4. The van der Waals surface area contributed by atoms with Crippen molar-refractivity contribution in [3.8, 4) is 11.5 Å². The fourth-order valence-corrected chi connectivity index (χ4v) is 4.04. The zero-order valence-electron chi connectivity index (χ0n) is 14.9. The van der Waals surface area contributed by atoms with Crippen molar-refractivity contribution in [3.63, 3.8) is 0 Å². The molecule has 4 nitrogen and oxygen atoms in total. The number of rotatable bonds is 5.